The minimum atomic E-state index is -3.37. The highest BCUT2D eigenvalue weighted by Crippen LogP contribution is 2.37. The highest BCUT2D eigenvalue weighted by Gasteiger charge is 2.48. The molecule has 2 aliphatic carbocycles. The molecule has 4 unspecified atom stereocenters. The van der Waals surface area contributed by atoms with Crippen molar-refractivity contribution in [2.75, 3.05) is 13.7 Å². The summed E-state index contributed by atoms with van der Waals surface area (Å²) in [5.74, 6) is 0.0681. The van der Waals surface area contributed by atoms with E-state index in [0.717, 1.165) is 44.9 Å². The van der Waals surface area contributed by atoms with E-state index in [4.69, 9.17) is 4.74 Å². The van der Waals surface area contributed by atoms with Crippen LogP contribution in [0.2, 0.25) is 0 Å². The molecule has 1 saturated heterocycles. The van der Waals surface area contributed by atoms with Crippen LogP contribution in [0.15, 0.2) is 0 Å². The van der Waals surface area contributed by atoms with E-state index in [9.17, 15) is 13.2 Å². The number of carbonyl (C=O) groups is 1. The first-order valence-corrected chi connectivity index (χ1v) is 11.2. The standard InChI is InChI=1S/C18H32N2O4S/c1-13-12-19(17-9-4-5-10-18(17)20(13)14(2)21)25(22,23)16-8-6-7-15(11-16)24-3/h13,15-18H,4-12H2,1-3H3/t13-,15?,16?,17?,18?/m0/s1. The summed E-state index contributed by atoms with van der Waals surface area (Å²) in [4.78, 5) is 14.1. The lowest BCUT2D eigenvalue weighted by Crippen LogP contribution is -2.67. The predicted molar refractivity (Wildman–Crippen MR) is 96.7 cm³/mol. The first-order chi connectivity index (χ1) is 11.9. The second-order valence-corrected chi connectivity index (χ2v) is 10.1. The van der Waals surface area contributed by atoms with Crippen LogP contribution in [0.1, 0.15) is 65.2 Å². The van der Waals surface area contributed by atoms with Gasteiger partial charge in [-0.1, -0.05) is 12.8 Å². The highest BCUT2D eigenvalue weighted by atomic mass is 32.2. The predicted octanol–water partition coefficient (Wildman–Crippen LogP) is 2.14. The fourth-order valence-electron chi connectivity index (χ4n) is 5.18. The molecule has 0 radical (unpaired) electrons. The van der Waals surface area contributed by atoms with Gasteiger partial charge < -0.3 is 9.64 Å². The molecule has 7 heteroatoms. The van der Waals surface area contributed by atoms with Crippen LogP contribution in [0.5, 0.6) is 0 Å². The molecule has 0 spiro atoms. The Morgan fingerprint density at radius 1 is 1.04 bits per heavy atom. The van der Waals surface area contributed by atoms with E-state index in [-0.39, 0.29) is 35.4 Å². The van der Waals surface area contributed by atoms with Crippen molar-refractivity contribution in [1.29, 1.82) is 0 Å². The van der Waals surface area contributed by atoms with Crippen LogP contribution < -0.4 is 0 Å². The summed E-state index contributed by atoms with van der Waals surface area (Å²) in [5, 5.41) is -0.343. The normalized spacial score (nSPS) is 37.6. The molecule has 6 nitrogen and oxygen atoms in total. The van der Waals surface area contributed by atoms with Crippen LogP contribution in [0.25, 0.3) is 0 Å². The molecule has 2 saturated carbocycles. The number of nitrogens with zero attached hydrogens (tertiary/aromatic N) is 2. The zero-order chi connectivity index (χ0) is 18.2. The Bertz CT molecular complexity index is 594. The zero-order valence-corrected chi connectivity index (χ0v) is 16.5. The van der Waals surface area contributed by atoms with Gasteiger partial charge in [0.1, 0.15) is 0 Å². The maximum absolute atomic E-state index is 13.4. The number of fused-ring (bicyclic) bond motifs is 1. The molecular formula is C18H32N2O4S. The van der Waals surface area contributed by atoms with Crippen LogP contribution in [0.4, 0.5) is 0 Å². The molecule has 0 bridgehead atoms. The molecule has 3 rings (SSSR count). The number of methoxy groups -OCH3 is 1. The van der Waals surface area contributed by atoms with Gasteiger partial charge in [-0.15, -0.1) is 0 Å². The van der Waals surface area contributed by atoms with E-state index in [1.54, 1.807) is 18.3 Å². The van der Waals surface area contributed by atoms with Crippen molar-refractivity contribution in [3.8, 4) is 0 Å². The van der Waals surface area contributed by atoms with Crippen LogP contribution in [-0.2, 0) is 19.6 Å². The average molecular weight is 373 g/mol. The topological polar surface area (TPSA) is 66.9 Å². The Labute approximate surface area is 151 Å². The maximum atomic E-state index is 13.4. The van der Waals surface area contributed by atoms with E-state index in [1.165, 1.54) is 0 Å². The van der Waals surface area contributed by atoms with Gasteiger partial charge in [0.25, 0.3) is 0 Å². The summed E-state index contributed by atoms with van der Waals surface area (Å²) >= 11 is 0. The van der Waals surface area contributed by atoms with Crippen LogP contribution in [-0.4, -0.2) is 66.7 Å². The quantitative estimate of drug-likeness (QED) is 0.761. The first kappa shape index (κ1) is 19.1. The number of sulfonamides is 1. The number of piperazine rings is 1. The fraction of sp³-hybridized carbons (Fsp3) is 0.944. The molecule has 0 aromatic rings. The van der Waals surface area contributed by atoms with Gasteiger partial charge in [0.2, 0.25) is 15.9 Å². The number of ether oxygens (including phenoxy) is 1. The number of carbonyl (C=O) groups excluding carboxylic acids is 1. The van der Waals surface area contributed by atoms with Gasteiger partial charge in [-0.05, 0) is 45.4 Å². The molecule has 25 heavy (non-hydrogen) atoms. The summed E-state index contributed by atoms with van der Waals surface area (Å²) in [5.41, 5.74) is 0. The van der Waals surface area contributed by atoms with Gasteiger partial charge in [0, 0.05) is 38.7 Å². The zero-order valence-electron chi connectivity index (χ0n) is 15.7. The monoisotopic (exact) mass is 372 g/mol. The van der Waals surface area contributed by atoms with Crippen LogP contribution in [0.3, 0.4) is 0 Å². The molecule has 3 aliphatic rings. The van der Waals surface area contributed by atoms with Gasteiger partial charge in [0.05, 0.1) is 11.4 Å². The molecule has 0 aromatic heterocycles. The van der Waals surface area contributed by atoms with E-state index in [2.05, 4.69) is 0 Å². The van der Waals surface area contributed by atoms with Crippen molar-refractivity contribution < 1.29 is 17.9 Å². The average Bonchev–Trinajstić information content (AvgIpc) is 2.60. The Hall–Kier alpha value is -0.660. The van der Waals surface area contributed by atoms with E-state index in [0.29, 0.717) is 13.0 Å². The lowest BCUT2D eigenvalue weighted by molar-refractivity contribution is -0.139. The SMILES string of the molecule is COC1CCCC(S(=O)(=O)N2C[C@H](C)N(C(C)=O)C3CCCCC32)C1. The maximum Gasteiger partial charge on any atom is 0.220 e. The lowest BCUT2D eigenvalue weighted by atomic mass is 9.86. The van der Waals surface area contributed by atoms with E-state index >= 15 is 0 Å². The number of rotatable bonds is 3. The van der Waals surface area contributed by atoms with E-state index in [1.807, 2.05) is 11.8 Å². The van der Waals surface area contributed by atoms with Gasteiger partial charge in [0.15, 0.2) is 0 Å². The third-order valence-corrected chi connectivity index (χ3v) is 8.71. The van der Waals surface area contributed by atoms with Crippen LogP contribution >= 0.6 is 0 Å². The Morgan fingerprint density at radius 3 is 2.36 bits per heavy atom. The summed E-state index contributed by atoms with van der Waals surface area (Å²) in [7, 11) is -1.69. The van der Waals surface area contributed by atoms with Crippen molar-refractivity contribution in [2.24, 2.45) is 0 Å². The molecule has 1 aliphatic heterocycles. The van der Waals surface area contributed by atoms with Crippen molar-refractivity contribution in [1.82, 2.24) is 9.21 Å². The minimum absolute atomic E-state index is 0.0339. The molecule has 1 heterocycles. The third-order valence-electron chi connectivity index (χ3n) is 6.36. The van der Waals surface area contributed by atoms with Crippen LogP contribution in [0, 0.1) is 0 Å². The Kier molecular flexibility index (Phi) is 5.75. The van der Waals surface area contributed by atoms with Gasteiger partial charge >= 0.3 is 0 Å². The molecule has 3 fully saturated rings. The van der Waals surface area contributed by atoms with Gasteiger partial charge in [-0.25, -0.2) is 8.42 Å². The lowest BCUT2D eigenvalue weighted by Gasteiger charge is -2.52. The summed E-state index contributed by atoms with van der Waals surface area (Å²) in [6, 6.07) is -0.0817. The Morgan fingerprint density at radius 2 is 1.72 bits per heavy atom. The number of hydrogen-bond donors (Lipinski definition) is 0. The summed E-state index contributed by atoms with van der Waals surface area (Å²) < 4.78 is 34.1. The summed E-state index contributed by atoms with van der Waals surface area (Å²) in [6.45, 7) is 4.02. The Balaban J connectivity index is 1.86. The molecule has 5 atom stereocenters. The molecular weight excluding hydrogens is 340 g/mol. The highest BCUT2D eigenvalue weighted by molar-refractivity contribution is 7.89. The molecule has 0 N–H and O–H groups in total. The number of amides is 1. The van der Waals surface area contributed by atoms with Crippen molar-refractivity contribution in [2.45, 2.75) is 94.7 Å². The summed E-state index contributed by atoms with van der Waals surface area (Å²) in [6.07, 6.45) is 7.10. The minimum Gasteiger partial charge on any atom is -0.381 e. The van der Waals surface area contributed by atoms with Gasteiger partial charge in [-0.2, -0.15) is 4.31 Å². The molecule has 144 valence electrons. The molecule has 1 amide bonds. The first-order valence-electron chi connectivity index (χ1n) is 9.68. The second kappa shape index (κ2) is 7.53. The fourth-order valence-corrected chi connectivity index (χ4v) is 7.53. The van der Waals surface area contributed by atoms with Crippen molar-refractivity contribution in [3.05, 3.63) is 0 Å². The second-order valence-electron chi connectivity index (χ2n) is 7.96. The number of hydrogen-bond acceptors (Lipinski definition) is 4. The van der Waals surface area contributed by atoms with E-state index < -0.39 is 10.0 Å². The largest absolute Gasteiger partial charge is 0.381 e. The van der Waals surface area contributed by atoms with Crippen molar-refractivity contribution in [3.63, 3.8) is 0 Å². The third kappa shape index (κ3) is 3.60. The smallest absolute Gasteiger partial charge is 0.220 e. The van der Waals surface area contributed by atoms with Crippen molar-refractivity contribution >= 4 is 15.9 Å². The van der Waals surface area contributed by atoms with Gasteiger partial charge in [-0.3, -0.25) is 4.79 Å². The molecule has 0 aromatic carbocycles.